The fourth-order valence-corrected chi connectivity index (χ4v) is 5.06. The molecule has 0 unspecified atom stereocenters. The molecule has 0 bridgehead atoms. The Hall–Kier alpha value is -2.31. The van der Waals surface area contributed by atoms with Crippen molar-refractivity contribution in [3.63, 3.8) is 0 Å². The van der Waals surface area contributed by atoms with E-state index in [-0.39, 0.29) is 11.7 Å². The minimum Gasteiger partial charge on any atom is -0.454 e. The number of ether oxygens (including phenoxy) is 2. The number of halogens is 1. The van der Waals surface area contributed by atoms with Gasteiger partial charge in [-0.2, -0.15) is 9.57 Å². The standard InChI is InChI=1S/C19H18ClN3O4S/c20-17-9-15(10-18-19(17)27-13-26-18)12-22-5-7-23(8-6-22)28(24,25)16-3-1-14(11-21)2-4-16/h1-4,9-10H,5-8,12-13H2. The molecule has 2 aliphatic rings. The zero-order valence-electron chi connectivity index (χ0n) is 15.0. The summed E-state index contributed by atoms with van der Waals surface area (Å²) in [5, 5.41) is 9.38. The second-order valence-electron chi connectivity index (χ2n) is 6.63. The molecule has 2 aliphatic heterocycles. The summed E-state index contributed by atoms with van der Waals surface area (Å²) in [5.41, 5.74) is 1.43. The maximum absolute atomic E-state index is 12.8. The fourth-order valence-electron chi connectivity index (χ4n) is 3.35. The summed E-state index contributed by atoms with van der Waals surface area (Å²) in [6, 6.07) is 11.8. The first-order chi connectivity index (χ1) is 13.5. The van der Waals surface area contributed by atoms with Gasteiger partial charge in [0.25, 0.3) is 0 Å². The van der Waals surface area contributed by atoms with E-state index in [4.69, 9.17) is 26.3 Å². The Morgan fingerprint density at radius 3 is 2.46 bits per heavy atom. The minimum absolute atomic E-state index is 0.171. The lowest BCUT2D eigenvalue weighted by molar-refractivity contribution is 0.173. The van der Waals surface area contributed by atoms with Crippen LogP contribution in [-0.4, -0.2) is 50.6 Å². The van der Waals surface area contributed by atoms with Gasteiger partial charge in [0.2, 0.25) is 16.8 Å². The molecule has 0 N–H and O–H groups in total. The second-order valence-corrected chi connectivity index (χ2v) is 8.97. The topological polar surface area (TPSA) is 82.9 Å². The first-order valence-electron chi connectivity index (χ1n) is 8.78. The van der Waals surface area contributed by atoms with Gasteiger partial charge in [-0.3, -0.25) is 4.90 Å². The highest BCUT2D eigenvalue weighted by molar-refractivity contribution is 7.89. The number of hydrogen-bond acceptors (Lipinski definition) is 6. The van der Waals surface area contributed by atoms with Gasteiger partial charge in [0.15, 0.2) is 11.5 Å². The number of nitriles is 1. The predicted molar refractivity (Wildman–Crippen MR) is 103 cm³/mol. The smallest absolute Gasteiger partial charge is 0.243 e. The molecule has 1 fully saturated rings. The molecule has 0 spiro atoms. The van der Waals surface area contributed by atoms with Crippen molar-refractivity contribution in [2.45, 2.75) is 11.4 Å². The zero-order chi connectivity index (χ0) is 19.7. The van der Waals surface area contributed by atoms with E-state index in [9.17, 15) is 8.42 Å². The van der Waals surface area contributed by atoms with E-state index in [0.717, 1.165) is 5.56 Å². The van der Waals surface area contributed by atoms with Crippen molar-refractivity contribution in [2.24, 2.45) is 0 Å². The van der Waals surface area contributed by atoms with Crippen molar-refractivity contribution in [2.75, 3.05) is 33.0 Å². The lowest BCUT2D eigenvalue weighted by Crippen LogP contribution is -2.48. The maximum atomic E-state index is 12.8. The Balaban J connectivity index is 1.40. The van der Waals surface area contributed by atoms with Crippen LogP contribution in [0.4, 0.5) is 0 Å². The van der Waals surface area contributed by atoms with Crippen molar-refractivity contribution in [3.05, 3.63) is 52.5 Å². The van der Waals surface area contributed by atoms with Crippen LogP contribution < -0.4 is 9.47 Å². The average molecular weight is 420 g/mol. The van der Waals surface area contributed by atoms with Crippen LogP contribution >= 0.6 is 11.6 Å². The van der Waals surface area contributed by atoms with E-state index in [1.807, 2.05) is 18.2 Å². The molecule has 0 amide bonds. The predicted octanol–water partition coefficient (Wildman–Crippen LogP) is 2.45. The highest BCUT2D eigenvalue weighted by Gasteiger charge is 2.29. The SMILES string of the molecule is N#Cc1ccc(S(=O)(=O)N2CCN(Cc3cc(Cl)c4c(c3)OCO4)CC2)cc1. The third-order valence-corrected chi connectivity index (χ3v) is 7.04. The molecule has 146 valence electrons. The van der Waals surface area contributed by atoms with Crippen molar-refractivity contribution in [1.82, 2.24) is 9.21 Å². The molecule has 28 heavy (non-hydrogen) atoms. The monoisotopic (exact) mass is 419 g/mol. The molecule has 0 saturated carbocycles. The number of rotatable bonds is 4. The summed E-state index contributed by atoms with van der Waals surface area (Å²) >= 11 is 6.23. The molecule has 7 nitrogen and oxygen atoms in total. The van der Waals surface area contributed by atoms with Gasteiger partial charge in [-0.1, -0.05) is 11.6 Å². The van der Waals surface area contributed by atoms with Gasteiger partial charge < -0.3 is 9.47 Å². The molecule has 2 aromatic rings. The van der Waals surface area contributed by atoms with Crippen LogP contribution in [0.3, 0.4) is 0 Å². The molecule has 0 aromatic heterocycles. The van der Waals surface area contributed by atoms with Crippen LogP contribution in [0.25, 0.3) is 0 Å². The van der Waals surface area contributed by atoms with E-state index in [1.54, 1.807) is 0 Å². The van der Waals surface area contributed by atoms with Gasteiger partial charge in [0, 0.05) is 32.7 Å². The van der Waals surface area contributed by atoms with Gasteiger partial charge in [-0.25, -0.2) is 8.42 Å². The van der Waals surface area contributed by atoms with Crippen LogP contribution in [0, 0.1) is 11.3 Å². The van der Waals surface area contributed by atoms with Crippen molar-refractivity contribution < 1.29 is 17.9 Å². The quantitative estimate of drug-likeness (QED) is 0.757. The third-order valence-electron chi connectivity index (χ3n) is 4.85. The second kappa shape index (κ2) is 7.60. The van der Waals surface area contributed by atoms with Gasteiger partial charge in [0.05, 0.1) is 21.6 Å². The van der Waals surface area contributed by atoms with Crippen LogP contribution in [0.1, 0.15) is 11.1 Å². The van der Waals surface area contributed by atoms with Crippen molar-refractivity contribution in [3.8, 4) is 17.6 Å². The highest BCUT2D eigenvalue weighted by Crippen LogP contribution is 2.40. The van der Waals surface area contributed by atoms with Crippen LogP contribution in [-0.2, 0) is 16.6 Å². The lowest BCUT2D eigenvalue weighted by Gasteiger charge is -2.34. The number of piperazine rings is 1. The highest BCUT2D eigenvalue weighted by atomic mass is 35.5. The van der Waals surface area contributed by atoms with Gasteiger partial charge in [-0.05, 0) is 42.0 Å². The van der Waals surface area contributed by atoms with Crippen molar-refractivity contribution >= 4 is 21.6 Å². The summed E-state index contributed by atoms with van der Waals surface area (Å²) < 4.78 is 37.8. The van der Waals surface area contributed by atoms with Crippen molar-refractivity contribution in [1.29, 1.82) is 5.26 Å². The average Bonchev–Trinajstić information content (AvgIpc) is 3.18. The molecule has 0 radical (unpaired) electrons. The summed E-state index contributed by atoms with van der Waals surface area (Å²) in [5.74, 6) is 1.22. The molecule has 0 aliphatic carbocycles. The molecule has 2 aromatic carbocycles. The number of fused-ring (bicyclic) bond motifs is 1. The molecule has 0 atom stereocenters. The molecule has 2 heterocycles. The number of nitrogens with zero attached hydrogens (tertiary/aromatic N) is 3. The number of sulfonamides is 1. The Kier molecular flexibility index (Phi) is 5.17. The van der Waals surface area contributed by atoms with E-state index in [0.29, 0.717) is 54.8 Å². The normalized spacial score (nSPS) is 17.4. The van der Waals surface area contributed by atoms with E-state index in [2.05, 4.69) is 4.90 Å². The Bertz CT molecular complexity index is 1030. The maximum Gasteiger partial charge on any atom is 0.243 e. The van der Waals surface area contributed by atoms with Crippen LogP contribution in [0.5, 0.6) is 11.5 Å². The van der Waals surface area contributed by atoms with Gasteiger partial charge in [-0.15, -0.1) is 0 Å². The Morgan fingerprint density at radius 2 is 1.79 bits per heavy atom. The Labute approximate surface area is 168 Å². The van der Waals surface area contributed by atoms with E-state index < -0.39 is 10.0 Å². The molecule has 1 saturated heterocycles. The number of benzene rings is 2. The van der Waals surface area contributed by atoms with Crippen LogP contribution in [0.15, 0.2) is 41.3 Å². The van der Waals surface area contributed by atoms with Crippen LogP contribution in [0.2, 0.25) is 5.02 Å². The molecule has 9 heteroatoms. The summed E-state index contributed by atoms with van der Waals surface area (Å²) in [6.07, 6.45) is 0. The minimum atomic E-state index is -3.56. The van der Waals surface area contributed by atoms with E-state index >= 15 is 0 Å². The van der Waals surface area contributed by atoms with E-state index in [1.165, 1.54) is 28.6 Å². The molecule has 4 rings (SSSR count). The molecular weight excluding hydrogens is 402 g/mol. The zero-order valence-corrected chi connectivity index (χ0v) is 16.5. The number of hydrogen-bond donors (Lipinski definition) is 0. The lowest BCUT2D eigenvalue weighted by atomic mass is 10.1. The first kappa shape index (κ1) is 19.0. The first-order valence-corrected chi connectivity index (χ1v) is 10.6. The summed E-state index contributed by atoms with van der Waals surface area (Å²) in [4.78, 5) is 2.39. The third kappa shape index (κ3) is 3.66. The largest absolute Gasteiger partial charge is 0.454 e. The fraction of sp³-hybridized carbons (Fsp3) is 0.316. The Morgan fingerprint density at radius 1 is 1.07 bits per heavy atom. The summed E-state index contributed by atoms with van der Waals surface area (Å²) in [7, 11) is -3.56. The van der Waals surface area contributed by atoms with Gasteiger partial charge in [0.1, 0.15) is 0 Å². The summed E-state index contributed by atoms with van der Waals surface area (Å²) in [6.45, 7) is 2.86. The van der Waals surface area contributed by atoms with Gasteiger partial charge >= 0.3 is 0 Å². The molecular formula is C19H18ClN3O4S.